The number of aryl methyl sites for hydroxylation is 2. The number of aliphatic hydroxyl groups excluding tert-OH is 1. The number of aliphatic hydroxyl groups is 1. The van der Waals surface area contributed by atoms with Crippen molar-refractivity contribution in [3.8, 4) is 5.75 Å². The van der Waals surface area contributed by atoms with Crippen molar-refractivity contribution in [3.05, 3.63) is 94.9 Å². The van der Waals surface area contributed by atoms with Gasteiger partial charge in [0.05, 0.1) is 18.3 Å². The average Bonchev–Trinajstić information content (AvgIpc) is 3.07. The zero-order valence-corrected chi connectivity index (χ0v) is 18.6. The summed E-state index contributed by atoms with van der Waals surface area (Å²) in [5.74, 6) is 0.549. The van der Waals surface area contributed by atoms with E-state index in [9.17, 15) is 9.90 Å². The largest absolute Gasteiger partial charge is 0.506 e. The van der Waals surface area contributed by atoms with Gasteiger partial charge in [-0.1, -0.05) is 44.7 Å². The lowest BCUT2D eigenvalue weighted by Crippen LogP contribution is -2.24. The molecule has 1 N–H and O–H groups in total. The predicted octanol–water partition coefficient (Wildman–Crippen LogP) is 5.81. The van der Waals surface area contributed by atoms with E-state index in [2.05, 4.69) is 39.5 Å². The number of carbonyl (C=O) groups is 1. The molecule has 1 aliphatic rings. The van der Waals surface area contributed by atoms with Crippen molar-refractivity contribution in [2.45, 2.75) is 26.2 Å². The van der Waals surface area contributed by atoms with Gasteiger partial charge in [0.25, 0.3) is 0 Å². The van der Waals surface area contributed by atoms with Crippen LogP contribution < -0.4 is 4.74 Å². The lowest BCUT2D eigenvalue weighted by molar-refractivity contribution is -0.111. The van der Waals surface area contributed by atoms with Crippen molar-refractivity contribution >= 4 is 22.3 Å². The van der Waals surface area contributed by atoms with E-state index >= 15 is 0 Å². The van der Waals surface area contributed by atoms with E-state index in [1.165, 1.54) is 0 Å². The van der Waals surface area contributed by atoms with Crippen molar-refractivity contribution < 1.29 is 14.6 Å². The molecular weight excluding hydrogens is 386 g/mol. The molecule has 1 heterocycles. The van der Waals surface area contributed by atoms with Gasteiger partial charge < -0.3 is 14.4 Å². The monoisotopic (exact) mass is 413 g/mol. The molecule has 2 aromatic carbocycles. The summed E-state index contributed by atoms with van der Waals surface area (Å²) in [7, 11) is 3.53. The number of benzene rings is 2. The first-order valence-corrected chi connectivity index (χ1v) is 10.3. The fourth-order valence-corrected chi connectivity index (χ4v) is 4.30. The van der Waals surface area contributed by atoms with Crippen LogP contribution in [0.1, 0.15) is 30.5 Å². The van der Waals surface area contributed by atoms with Crippen LogP contribution in [0.3, 0.4) is 0 Å². The molecule has 0 saturated heterocycles. The third kappa shape index (κ3) is 3.19. The summed E-state index contributed by atoms with van der Waals surface area (Å²) in [4.78, 5) is 13.1. The second-order valence-electron chi connectivity index (χ2n) is 8.61. The van der Waals surface area contributed by atoms with E-state index in [0.29, 0.717) is 22.5 Å². The molecule has 1 aliphatic carbocycles. The minimum atomic E-state index is -0.374. The van der Waals surface area contributed by atoms with E-state index in [1.54, 1.807) is 13.2 Å². The summed E-state index contributed by atoms with van der Waals surface area (Å²) >= 11 is 0. The SMILES string of the molecule is C=C(/C=C1/C(=O)C(c2cn(C)c3ccc(OC)cc23)=C1O)C(C)(C)c1ccccc1C. The molecule has 0 unspecified atom stereocenters. The third-order valence-electron chi connectivity index (χ3n) is 6.37. The second-order valence-corrected chi connectivity index (χ2v) is 8.61. The molecule has 0 aliphatic heterocycles. The molecule has 0 bridgehead atoms. The van der Waals surface area contributed by atoms with Gasteiger partial charge in [-0.15, -0.1) is 0 Å². The van der Waals surface area contributed by atoms with Crippen LogP contribution in [0.4, 0.5) is 0 Å². The summed E-state index contributed by atoms with van der Waals surface area (Å²) in [6, 6.07) is 13.9. The number of rotatable bonds is 5. The standard InChI is InChI=1S/C27H27NO3/c1-16-9-7-8-10-22(16)27(3,4)17(2)13-20-25(29)24(26(20)30)21-15-28(5)23-12-11-18(31-6)14-19(21)23/h7-15,29H,2H2,1,3-6H3/b20-13+. The Balaban J connectivity index is 1.75. The highest BCUT2D eigenvalue weighted by Crippen LogP contribution is 2.42. The Morgan fingerprint density at radius 2 is 1.90 bits per heavy atom. The van der Waals surface area contributed by atoms with Gasteiger partial charge in [0, 0.05) is 35.1 Å². The molecule has 3 aromatic rings. The molecule has 0 fully saturated rings. The Labute approximate surface area is 182 Å². The van der Waals surface area contributed by atoms with Gasteiger partial charge in [-0.05, 0) is 47.9 Å². The maximum absolute atomic E-state index is 13.1. The molecule has 0 amide bonds. The van der Waals surface area contributed by atoms with E-state index < -0.39 is 0 Å². The molecule has 0 spiro atoms. The highest BCUT2D eigenvalue weighted by Gasteiger charge is 2.37. The van der Waals surface area contributed by atoms with Crippen molar-refractivity contribution in [2.75, 3.05) is 7.11 Å². The zero-order valence-electron chi connectivity index (χ0n) is 18.6. The lowest BCUT2D eigenvalue weighted by atomic mass is 9.74. The average molecular weight is 414 g/mol. The van der Waals surface area contributed by atoms with Crippen LogP contribution in [-0.4, -0.2) is 22.6 Å². The summed E-state index contributed by atoms with van der Waals surface area (Å²) in [6.45, 7) is 10.5. The molecule has 158 valence electrons. The van der Waals surface area contributed by atoms with E-state index in [4.69, 9.17) is 4.74 Å². The fourth-order valence-electron chi connectivity index (χ4n) is 4.30. The molecule has 0 saturated carbocycles. The van der Waals surface area contributed by atoms with Crippen molar-refractivity contribution in [2.24, 2.45) is 7.05 Å². The Morgan fingerprint density at radius 3 is 2.55 bits per heavy atom. The molecule has 0 radical (unpaired) electrons. The van der Waals surface area contributed by atoms with Crippen molar-refractivity contribution in [3.63, 3.8) is 0 Å². The first-order valence-electron chi connectivity index (χ1n) is 10.3. The number of fused-ring (bicyclic) bond motifs is 1. The lowest BCUT2D eigenvalue weighted by Gasteiger charge is -2.30. The van der Waals surface area contributed by atoms with Crippen LogP contribution in [0.2, 0.25) is 0 Å². The fraction of sp³-hybridized carbons (Fsp3) is 0.222. The van der Waals surface area contributed by atoms with Gasteiger partial charge in [-0.25, -0.2) is 0 Å². The molecule has 1 aromatic heterocycles. The number of hydrogen-bond acceptors (Lipinski definition) is 3. The van der Waals surface area contributed by atoms with Gasteiger partial charge in [0.15, 0.2) is 0 Å². The van der Waals surface area contributed by atoms with Gasteiger partial charge in [0.1, 0.15) is 11.5 Å². The number of ether oxygens (including phenoxy) is 1. The minimum absolute atomic E-state index is 0.0158. The van der Waals surface area contributed by atoms with Crippen LogP contribution >= 0.6 is 0 Å². The summed E-state index contributed by atoms with van der Waals surface area (Å²) < 4.78 is 7.28. The smallest absolute Gasteiger partial charge is 0.201 e. The normalized spacial score (nSPS) is 15.5. The van der Waals surface area contributed by atoms with Gasteiger partial charge in [-0.3, -0.25) is 4.79 Å². The molecule has 4 nitrogen and oxygen atoms in total. The Morgan fingerprint density at radius 1 is 1.19 bits per heavy atom. The summed E-state index contributed by atoms with van der Waals surface area (Å²) in [5.41, 5.74) is 5.03. The summed E-state index contributed by atoms with van der Waals surface area (Å²) in [5, 5.41) is 11.7. The third-order valence-corrected chi connectivity index (χ3v) is 6.37. The van der Waals surface area contributed by atoms with Crippen LogP contribution in [0.25, 0.3) is 16.5 Å². The number of nitrogens with zero attached hydrogens (tertiary/aromatic N) is 1. The number of methoxy groups -OCH3 is 1. The Kier molecular flexibility index (Phi) is 4.89. The van der Waals surface area contributed by atoms with Crippen LogP contribution in [-0.2, 0) is 17.3 Å². The Bertz CT molecular complexity index is 1300. The predicted molar refractivity (Wildman–Crippen MR) is 125 cm³/mol. The van der Waals surface area contributed by atoms with Gasteiger partial charge in [-0.2, -0.15) is 0 Å². The van der Waals surface area contributed by atoms with Crippen LogP contribution in [0, 0.1) is 6.92 Å². The van der Waals surface area contributed by atoms with Crippen LogP contribution in [0.15, 0.2) is 78.2 Å². The number of hydrogen-bond donors (Lipinski definition) is 1. The number of allylic oxidation sites excluding steroid dienone is 4. The van der Waals surface area contributed by atoms with E-state index in [0.717, 1.165) is 27.6 Å². The highest BCUT2D eigenvalue weighted by molar-refractivity contribution is 6.40. The van der Waals surface area contributed by atoms with E-state index in [-0.39, 0.29) is 17.0 Å². The quantitative estimate of drug-likeness (QED) is 0.537. The number of carbonyl (C=O) groups excluding carboxylic acids is 1. The summed E-state index contributed by atoms with van der Waals surface area (Å²) in [6.07, 6.45) is 3.59. The Hall–Kier alpha value is -3.53. The second kappa shape index (κ2) is 7.31. The number of Topliss-reactive ketones (excluding diaryl/α,β-unsaturated/α-hetero) is 1. The van der Waals surface area contributed by atoms with Crippen LogP contribution in [0.5, 0.6) is 5.75 Å². The van der Waals surface area contributed by atoms with Crippen molar-refractivity contribution in [1.29, 1.82) is 0 Å². The zero-order chi connectivity index (χ0) is 22.5. The van der Waals surface area contributed by atoms with Crippen molar-refractivity contribution in [1.82, 2.24) is 4.57 Å². The topological polar surface area (TPSA) is 51.5 Å². The highest BCUT2D eigenvalue weighted by atomic mass is 16.5. The molecule has 4 rings (SSSR count). The number of aromatic nitrogens is 1. The first kappa shape index (κ1) is 20.7. The van der Waals surface area contributed by atoms with Gasteiger partial charge in [0.2, 0.25) is 5.78 Å². The molecule has 4 heteroatoms. The maximum Gasteiger partial charge on any atom is 0.201 e. The van der Waals surface area contributed by atoms with Gasteiger partial charge >= 0.3 is 0 Å². The maximum atomic E-state index is 13.1. The molecule has 31 heavy (non-hydrogen) atoms. The molecule has 0 atom stereocenters. The molecular formula is C27H27NO3. The number of ketones is 1. The minimum Gasteiger partial charge on any atom is -0.506 e. The van der Waals surface area contributed by atoms with E-state index in [1.807, 2.05) is 48.1 Å². The first-order chi connectivity index (χ1) is 14.7.